The molecule has 4 rings (SSSR count). The van der Waals surface area contributed by atoms with Crippen LogP contribution in [0.4, 0.5) is 8.78 Å². The number of aliphatic hydroxyl groups excluding tert-OH is 1. The van der Waals surface area contributed by atoms with Crippen molar-refractivity contribution in [3.63, 3.8) is 0 Å². The Morgan fingerprint density at radius 3 is 2.24 bits per heavy atom. The van der Waals surface area contributed by atoms with Crippen LogP contribution in [0.25, 0.3) is 0 Å². The lowest BCUT2D eigenvalue weighted by Crippen LogP contribution is -2.48. The maximum Gasteiger partial charge on any atom is 0.253 e. The Balaban J connectivity index is 0.00000702. The van der Waals surface area contributed by atoms with Gasteiger partial charge >= 0.3 is 0 Å². The number of aliphatic hydroxyl groups is 1. The second-order valence-corrected chi connectivity index (χ2v) is 12.1. The fraction of sp³-hybridized carbons (Fsp3) is 0.308. The van der Waals surface area contributed by atoms with E-state index in [4.69, 9.17) is 9.57 Å². The van der Waals surface area contributed by atoms with Crippen molar-refractivity contribution >= 4 is 29.9 Å². The Labute approximate surface area is 304 Å². The van der Waals surface area contributed by atoms with Gasteiger partial charge in [-0.05, 0) is 78.9 Å². The number of halogens is 3. The summed E-state index contributed by atoms with van der Waals surface area (Å²) in [6, 6.07) is 23.8. The van der Waals surface area contributed by atoms with Crippen LogP contribution in [-0.4, -0.2) is 66.9 Å². The second kappa shape index (κ2) is 20.1. The number of oxime groups is 1. The van der Waals surface area contributed by atoms with Crippen molar-refractivity contribution in [2.75, 3.05) is 27.2 Å². The molecule has 3 N–H and O–H groups in total. The average molecular weight is 723 g/mol. The molecule has 0 aromatic heterocycles. The molecular weight excluding hydrogens is 678 g/mol. The minimum atomic E-state index is -1.16. The molecule has 51 heavy (non-hydrogen) atoms. The minimum absolute atomic E-state index is 0. The van der Waals surface area contributed by atoms with Crippen molar-refractivity contribution in [2.45, 2.75) is 52.0 Å². The highest BCUT2D eigenvalue weighted by Crippen LogP contribution is 2.18. The fourth-order valence-corrected chi connectivity index (χ4v) is 5.39. The van der Waals surface area contributed by atoms with E-state index < -0.39 is 29.7 Å². The number of benzene rings is 4. The monoisotopic (exact) mass is 722 g/mol. The molecule has 0 heterocycles. The molecule has 0 saturated carbocycles. The molecule has 272 valence electrons. The van der Waals surface area contributed by atoms with E-state index in [0.717, 1.165) is 35.7 Å². The van der Waals surface area contributed by atoms with Gasteiger partial charge in [-0.3, -0.25) is 9.59 Å². The maximum absolute atomic E-state index is 14.1. The lowest BCUT2D eigenvalue weighted by atomic mass is 9.98. The first-order valence-corrected chi connectivity index (χ1v) is 16.4. The van der Waals surface area contributed by atoms with Crippen LogP contribution in [-0.2, 0) is 24.4 Å². The summed E-state index contributed by atoms with van der Waals surface area (Å²) in [5.41, 5.74) is 3.43. The molecule has 0 radical (unpaired) electrons. The Kier molecular flexibility index (Phi) is 16.0. The van der Waals surface area contributed by atoms with Crippen LogP contribution in [0.3, 0.4) is 0 Å². The lowest BCUT2D eigenvalue weighted by molar-refractivity contribution is 0.0795. The molecule has 0 aliphatic rings. The molecule has 4 aromatic rings. The Morgan fingerprint density at radius 2 is 1.55 bits per heavy atom. The van der Waals surface area contributed by atoms with Gasteiger partial charge in [-0.2, -0.15) is 0 Å². The van der Waals surface area contributed by atoms with Gasteiger partial charge < -0.3 is 30.2 Å². The molecule has 12 heteroatoms. The standard InChI is InChI=1S/C39H44F2N4O5.ClH/c1-5-14-45(3)39(48)32-20-30(26(2)44-50-25-27-10-7-6-8-11-27)19-31(21-32)38(47)43-36(18-29-15-33(40)22-34(41)16-29)37(46)24-42-23-28-12-9-13-35(17-28)49-4;/h6-13,15-17,19-22,36-37,42,46H,5,14,18,23-25H2,1-4H3,(H,43,47);1H/b44-26+;/t36-,37+;/m0./s1. The van der Waals surface area contributed by atoms with Crippen molar-refractivity contribution in [2.24, 2.45) is 5.16 Å². The van der Waals surface area contributed by atoms with Crippen LogP contribution >= 0.6 is 12.4 Å². The zero-order valence-corrected chi connectivity index (χ0v) is 30.0. The first-order valence-electron chi connectivity index (χ1n) is 16.4. The van der Waals surface area contributed by atoms with E-state index in [-0.39, 0.29) is 54.6 Å². The Morgan fingerprint density at radius 1 is 0.882 bits per heavy atom. The molecule has 0 saturated heterocycles. The summed E-state index contributed by atoms with van der Waals surface area (Å²) in [6.07, 6.45) is -0.485. The predicted octanol–water partition coefficient (Wildman–Crippen LogP) is 6.31. The van der Waals surface area contributed by atoms with Crippen LogP contribution in [0.5, 0.6) is 5.75 Å². The molecule has 0 unspecified atom stereocenters. The van der Waals surface area contributed by atoms with Crippen molar-refractivity contribution in [1.29, 1.82) is 0 Å². The van der Waals surface area contributed by atoms with Gasteiger partial charge in [0.25, 0.3) is 11.8 Å². The highest BCUT2D eigenvalue weighted by Gasteiger charge is 2.25. The third-order valence-electron chi connectivity index (χ3n) is 8.02. The summed E-state index contributed by atoms with van der Waals surface area (Å²) >= 11 is 0. The number of hydrogen-bond acceptors (Lipinski definition) is 7. The fourth-order valence-electron chi connectivity index (χ4n) is 5.39. The summed E-state index contributed by atoms with van der Waals surface area (Å²) in [7, 11) is 3.26. The molecular formula is C39H45ClF2N4O5. The molecule has 0 spiro atoms. The number of methoxy groups -OCH3 is 1. The number of ether oxygens (including phenoxy) is 1. The topological polar surface area (TPSA) is 112 Å². The van der Waals surface area contributed by atoms with Crippen LogP contribution in [0.15, 0.2) is 96.2 Å². The van der Waals surface area contributed by atoms with E-state index in [9.17, 15) is 23.5 Å². The molecule has 2 atom stereocenters. The van der Waals surface area contributed by atoms with Gasteiger partial charge in [0.2, 0.25) is 0 Å². The normalized spacial score (nSPS) is 12.3. The van der Waals surface area contributed by atoms with Crippen molar-refractivity contribution in [3.8, 4) is 5.75 Å². The van der Waals surface area contributed by atoms with Gasteiger partial charge in [-0.15, -0.1) is 12.4 Å². The minimum Gasteiger partial charge on any atom is -0.497 e. The number of carbonyl (C=O) groups excluding carboxylic acids is 2. The summed E-state index contributed by atoms with van der Waals surface area (Å²) in [5.74, 6) is -1.73. The third kappa shape index (κ3) is 12.5. The van der Waals surface area contributed by atoms with Gasteiger partial charge in [0.05, 0.1) is 25.0 Å². The van der Waals surface area contributed by atoms with Gasteiger partial charge in [0.15, 0.2) is 0 Å². The average Bonchev–Trinajstić information content (AvgIpc) is 3.10. The third-order valence-corrected chi connectivity index (χ3v) is 8.02. The van der Waals surface area contributed by atoms with E-state index in [1.807, 2.05) is 61.5 Å². The quantitative estimate of drug-likeness (QED) is 0.0871. The molecule has 0 aliphatic carbocycles. The summed E-state index contributed by atoms with van der Waals surface area (Å²) in [6.45, 7) is 4.87. The van der Waals surface area contributed by atoms with E-state index in [1.54, 1.807) is 38.1 Å². The molecule has 2 amide bonds. The number of hydrogen-bond donors (Lipinski definition) is 3. The predicted molar refractivity (Wildman–Crippen MR) is 196 cm³/mol. The van der Waals surface area contributed by atoms with E-state index in [1.165, 1.54) is 6.07 Å². The zero-order valence-electron chi connectivity index (χ0n) is 29.2. The van der Waals surface area contributed by atoms with Gasteiger partial charge in [0.1, 0.15) is 24.0 Å². The number of rotatable bonds is 17. The summed E-state index contributed by atoms with van der Waals surface area (Å²) in [4.78, 5) is 34.4. The largest absolute Gasteiger partial charge is 0.497 e. The summed E-state index contributed by atoms with van der Waals surface area (Å²) < 4.78 is 33.5. The van der Waals surface area contributed by atoms with Crippen LogP contribution in [0, 0.1) is 11.6 Å². The highest BCUT2D eigenvalue weighted by atomic mass is 35.5. The SMILES string of the molecule is CCCN(C)C(=O)c1cc(C(=O)N[C@@H](Cc2cc(F)cc(F)c2)[C@H](O)CNCc2cccc(OC)c2)cc(/C(C)=N/OCc2ccccc2)c1.Cl. The molecule has 0 fully saturated rings. The Hall–Kier alpha value is -4.84. The number of nitrogens with zero attached hydrogens (tertiary/aromatic N) is 2. The van der Waals surface area contributed by atoms with Crippen LogP contribution < -0.4 is 15.4 Å². The van der Waals surface area contributed by atoms with E-state index >= 15 is 0 Å². The van der Waals surface area contributed by atoms with Crippen LogP contribution in [0.2, 0.25) is 0 Å². The molecule has 0 bridgehead atoms. The number of nitrogens with one attached hydrogen (secondary N) is 2. The lowest BCUT2D eigenvalue weighted by Gasteiger charge is -2.25. The first kappa shape index (κ1) is 40.6. The smallest absolute Gasteiger partial charge is 0.253 e. The number of amides is 2. The molecule has 4 aromatic carbocycles. The molecule has 9 nitrogen and oxygen atoms in total. The molecule has 0 aliphatic heterocycles. The highest BCUT2D eigenvalue weighted by molar-refractivity contribution is 6.06. The van der Waals surface area contributed by atoms with Crippen LogP contribution in [0.1, 0.15) is 63.2 Å². The summed E-state index contributed by atoms with van der Waals surface area (Å²) in [5, 5.41) is 21.6. The van der Waals surface area contributed by atoms with Gasteiger partial charge in [-0.1, -0.05) is 54.5 Å². The first-order chi connectivity index (χ1) is 24.1. The van der Waals surface area contributed by atoms with E-state index in [0.29, 0.717) is 30.1 Å². The maximum atomic E-state index is 14.1. The zero-order chi connectivity index (χ0) is 36.0. The van der Waals surface area contributed by atoms with Crippen molar-refractivity contribution in [3.05, 3.63) is 136 Å². The second-order valence-electron chi connectivity index (χ2n) is 12.1. The van der Waals surface area contributed by atoms with E-state index in [2.05, 4.69) is 15.8 Å². The Bertz CT molecular complexity index is 1760. The van der Waals surface area contributed by atoms with Crippen molar-refractivity contribution < 1.29 is 33.1 Å². The number of carbonyl (C=O) groups is 2. The van der Waals surface area contributed by atoms with Gasteiger partial charge in [0, 0.05) is 49.4 Å². The van der Waals surface area contributed by atoms with Gasteiger partial charge in [-0.25, -0.2) is 8.78 Å². The van der Waals surface area contributed by atoms with Crippen molar-refractivity contribution in [1.82, 2.24) is 15.5 Å².